The fraction of sp³-hybridized carbons (Fsp3) is 0.176. The number of benzene rings is 1. The van der Waals surface area contributed by atoms with Crippen LogP contribution in [0.3, 0.4) is 0 Å². The largest absolute Gasteiger partial charge is 0.352 e. The molecule has 0 aliphatic carbocycles. The third-order valence-corrected chi connectivity index (χ3v) is 4.30. The van der Waals surface area contributed by atoms with Crippen molar-refractivity contribution < 1.29 is 0 Å². The monoisotopic (exact) mass is 438 g/mol. The van der Waals surface area contributed by atoms with E-state index in [9.17, 15) is 0 Å². The lowest BCUT2D eigenvalue weighted by atomic mass is 10.1. The van der Waals surface area contributed by atoms with Crippen LogP contribution in [0.2, 0.25) is 0 Å². The molecular formula is C17H19IN4S. The van der Waals surface area contributed by atoms with E-state index in [2.05, 4.69) is 44.2 Å². The number of guanidine groups is 1. The van der Waals surface area contributed by atoms with Crippen molar-refractivity contribution in [2.45, 2.75) is 13.1 Å². The Kier molecular flexibility index (Phi) is 6.79. The number of nitrogens with zero attached hydrogens (tertiary/aromatic N) is 2. The van der Waals surface area contributed by atoms with Gasteiger partial charge in [0.1, 0.15) is 0 Å². The van der Waals surface area contributed by atoms with E-state index in [1.807, 2.05) is 30.5 Å². The fourth-order valence-corrected chi connectivity index (χ4v) is 2.94. The van der Waals surface area contributed by atoms with E-state index >= 15 is 0 Å². The summed E-state index contributed by atoms with van der Waals surface area (Å²) in [6, 6.07) is 14.4. The average Bonchev–Trinajstić information content (AvgIpc) is 3.08. The number of hydrogen-bond acceptors (Lipinski definition) is 3. The molecule has 2 aromatic heterocycles. The van der Waals surface area contributed by atoms with Crippen LogP contribution in [0.5, 0.6) is 0 Å². The fourth-order valence-electron chi connectivity index (χ4n) is 2.29. The molecule has 120 valence electrons. The minimum atomic E-state index is 0. The van der Waals surface area contributed by atoms with E-state index in [-0.39, 0.29) is 24.0 Å². The lowest BCUT2D eigenvalue weighted by Gasteiger charge is -2.12. The van der Waals surface area contributed by atoms with Gasteiger partial charge in [-0.2, -0.15) is 0 Å². The molecule has 2 N–H and O–H groups in total. The van der Waals surface area contributed by atoms with Crippen LogP contribution >= 0.6 is 35.3 Å². The third-order valence-electron chi connectivity index (χ3n) is 3.42. The van der Waals surface area contributed by atoms with Crippen molar-refractivity contribution in [2.24, 2.45) is 4.99 Å². The van der Waals surface area contributed by atoms with Gasteiger partial charge in [-0.05, 0) is 29.1 Å². The first-order chi connectivity index (χ1) is 10.9. The maximum Gasteiger partial charge on any atom is 0.191 e. The minimum Gasteiger partial charge on any atom is -0.352 e. The summed E-state index contributed by atoms with van der Waals surface area (Å²) in [4.78, 5) is 9.94. The Morgan fingerprint density at radius 3 is 2.70 bits per heavy atom. The van der Waals surface area contributed by atoms with Crippen molar-refractivity contribution in [1.82, 2.24) is 15.6 Å². The maximum atomic E-state index is 4.39. The van der Waals surface area contributed by atoms with E-state index in [0.717, 1.165) is 18.0 Å². The number of pyridine rings is 1. The van der Waals surface area contributed by atoms with Gasteiger partial charge in [0.25, 0.3) is 0 Å². The van der Waals surface area contributed by atoms with E-state index in [4.69, 9.17) is 0 Å². The second kappa shape index (κ2) is 8.83. The zero-order chi connectivity index (χ0) is 15.2. The molecule has 0 atom stereocenters. The molecule has 0 aliphatic heterocycles. The number of aliphatic imine (C=N–C) groups is 1. The Morgan fingerprint density at radius 2 is 1.91 bits per heavy atom. The smallest absolute Gasteiger partial charge is 0.191 e. The highest BCUT2D eigenvalue weighted by Gasteiger charge is 2.03. The Morgan fingerprint density at radius 1 is 1.09 bits per heavy atom. The molecule has 1 aromatic carbocycles. The van der Waals surface area contributed by atoms with Gasteiger partial charge in [-0.25, -0.2) is 0 Å². The highest BCUT2D eigenvalue weighted by Crippen LogP contribution is 2.15. The van der Waals surface area contributed by atoms with Crippen molar-refractivity contribution >= 4 is 52.2 Å². The first kappa shape index (κ1) is 17.7. The van der Waals surface area contributed by atoms with Crippen LogP contribution in [0.25, 0.3) is 10.9 Å². The molecule has 23 heavy (non-hydrogen) atoms. The maximum absolute atomic E-state index is 4.39. The molecule has 0 bridgehead atoms. The van der Waals surface area contributed by atoms with Crippen LogP contribution in [0.1, 0.15) is 10.4 Å². The molecule has 4 nitrogen and oxygen atoms in total. The molecule has 0 spiro atoms. The number of rotatable bonds is 4. The molecule has 0 radical (unpaired) electrons. The van der Waals surface area contributed by atoms with Gasteiger partial charge in [-0.1, -0.05) is 24.3 Å². The molecule has 0 saturated heterocycles. The summed E-state index contributed by atoms with van der Waals surface area (Å²) in [5.41, 5.74) is 2.23. The summed E-state index contributed by atoms with van der Waals surface area (Å²) in [6.07, 6.45) is 1.85. The summed E-state index contributed by atoms with van der Waals surface area (Å²) in [7, 11) is 1.79. The predicted octanol–water partition coefficient (Wildman–Crippen LogP) is 3.78. The van der Waals surface area contributed by atoms with Crippen molar-refractivity contribution in [3.63, 3.8) is 0 Å². The second-order valence-corrected chi connectivity index (χ2v) is 5.88. The quantitative estimate of drug-likeness (QED) is 0.371. The van der Waals surface area contributed by atoms with Crippen LogP contribution in [0.15, 0.2) is 59.0 Å². The summed E-state index contributed by atoms with van der Waals surface area (Å²) in [6.45, 7) is 1.50. The summed E-state index contributed by atoms with van der Waals surface area (Å²) >= 11 is 1.74. The van der Waals surface area contributed by atoms with Crippen molar-refractivity contribution in [2.75, 3.05) is 7.05 Å². The lowest BCUT2D eigenvalue weighted by molar-refractivity contribution is 0.818. The van der Waals surface area contributed by atoms with Crippen LogP contribution in [0.4, 0.5) is 0 Å². The van der Waals surface area contributed by atoms with Gasteiger partial charge < -0.3 is 10.6 Å². The third kappa shape index (κ3) is 4.65. The van der Waals surface area contributed by atoms with Gasteiger partial charge in [0.2, 0.25) is 0 Å². The molecule has 6 heteroatoms. The van der Waals surface area contributed by atoms with Gasteiger partial charge in [0.05, 0.1) is 12.1 Å². The normalized spacial score (nSPS) is 11.1. The predicted molar refractivity (Wildman–Crippen MR) is 109 cm³/mol. The summed E-state index contributed by atoms with van der Waals surface area (Å²) in [5, 5.41) is 9.93. The highest BCUT2D eigenvalue weighted by molar-refractivity contribution is 14.0. The van der Waals surface area contributed by atoms with Gasteiger partial charge in [0, 0.05) is 30.1 Å². The zero-order valence-electron chi connectivity index (χ0n) is 12.8. The number of nitrogens with one attached hydrogen (secondary N) is 2. The number of halogens is 1. The number of para-hydroxylation sites is 1. The van der Waals surface area contributed by atoms with E-state index in [1.165, 1.54) is 15.8 Å². The number of thiophene rings is 1. The molecule has 3 aromatic rings. The lowest BCUT2D eigenvalue weighted by Crippen LogP contribution is -2.36. The van der Waals surface area contributed by atoms with Crippen molar-refractivity contribution in [1.29, 1.82) is 0 Å². The van der Waals surface area contributed by atoms with Crippen LogP contribution in [0, 0.1) is 0 Å². The number of hydrogen-bond donors (Lipinski definition) is 2. The van der Waals surface area contributed by atoms with Crippen molar-refractivity contribution in [3.05, 3.63) is 64.5 Å². The minimum absolute atomic E-state index is 0. The molecule has 2 heterocycles. The van der Waals surface area contributed by atoms with Crippen LogP contribution < -0.4 is 10.6 Å². The van der Waals surface area contributed by atoms with E-state index in [1.54, 1.807) is 18.4 Å². The number of aromatic nitrogens is 1. The molecule has 0 saturated carbocycles. The van der Waals surface area contributed by atoms with Crippen LogP contribution in [-0.2, 0) is 13.1 Å². The number of fused-ring (bicyclic) bond motifs is 1. The average molecular weight is 438 g/mol. The summed E-state index contributed by atoms with van der Waals surface area (Å²) in [5.74, 6) is 0.800. The molecule has 0 unspecified atom stereocenters. The van der Waals surface area contributed by atoms with Crippen LogP contribution in [-0.4, -0.2) is 18.0 Å². The molecule has 0 aliphatic rings. The first-order valence-electron chi connectivity index (χ1n) is 7.16. The standard InChI is InChI=1S/C17H18N4S.HI/c1-18-17(21-12-14-5-4-10-22-14)20-11-13-8-9-19-16-7-3-2-6-15(13)16;/h2-10H,11-12H2,1H3,(H2,18,20,21);1H. The second-order valence-electron chi connectivity index (χ2n) is 4.85. The van der Waals surface area contributed by atoms with Gasteiger partial charge in [-0.3, -0.25) is 9.98 Å². The molecule has 3 rings (SSSR count). The van der Waals surface area contributed by atoms with Gasteiger partial charge in [-0.15, -0.1) is 35.3 Å². The van der Waals surface area contributed by atoms with Gasteiger partial charge >= 0.3 is 0 Å². The van der Waals surface area contributed by atoms with E-state index in [0.29, 0.717) is 6.54 Å². The Labute approximate surface area is 157 Å². The molecule has 0 amide bonds. The highest BCUT2D eigenvalue weighted by atomic mass is 127. The molecule has 0 fully saturated rings. The Balaban J connectivity index is 0.00000192. The first-order valence-corrected chi connectivity index (χ1v) is 8.04. The molecular weight excluding hydrogens is 419 g/mol. The Bertz CT molecular complexity index is 766. The Hall–Kier alpha value is -1.67. The zero-order valence-corrected chi connectivity index (χ0v) is 16.0. The van der Waals surface area contributed by atoms with Crippen molar-refractivity contribution in [3.8, 4) is 0 Å². The topological polar surface area (TPSA) is 49.3 Å². The van der Waals surface area contributed by atoms with E-state index < -0.39 is 0 Å². The SMILES string of the molecule is CN=C(NCc1cccs1)NCc1ccnc2ccccc12.I. The summed E-state index contributed by atoms with van der Waals surface area (Å²) < 4.78 is 0. The van der Waals surface area contributed by atoms with Gasteiger partial charge in [0.15, 0.2) is 5.96 Å².